The number of aromatic nitrogens is 1. The van der Waals surface area contributed by atoms with E-state index in [2.05, 4.69) is 15.6 Å². The van der Waals surface area contributed by atoms with Crippen LogP contribution in [0.15, 0.2) is 42.5 Å². The van der Waals surface area contributed by atoms with Crippen LogP contribution in [0, 0.1) is 5.82 Å². The molecule has 0 aliphatic rings. The molecule has 0 radical (unpaired) electrons. The summed E-state index contributed by atoms with van der Waals surface area (Å²) in [4.78, 5) is 30.5. The van der Waals surface area contributed by atoms with Crippen molar-refractivity contribution in [2.75, 3.05) is 27.2 Å². The van der Waals surface area contributed by atoms with E-state index in [0.29, 0.717) is 6.54 Å². The highest BCUT2D eigenvalue weighted by Gasteiger charge is 2.12. The average molecular weight is 358 g/mol. The lowest BCUT2D eigenvalue weighted by molar-refractivity contribution is 0.0942. The molecule has 0 unspecified atom stereocenters. The van der Waals surface area contributed by atoms with E-state index in [0.717, 1.165) is 18.5 Å². The van der Waals surface area contributed by atoms with Crippen molar-refractivity contribution < 1.29 is 14.0 Å². The highest BCUT2D eigenvalue weighted by molar-refractivity contribution is 5.96. The summed E-state index contributed by atoms with van der Waals surface area (Å²) < 4.78 is 12.9. The second-order valence-electron chi connectivity index (χ2n) is 6.13. The molecule has 138 valence electrons. The van der Waals surface area contributed by atoms with Gasteiger partial charge in [-0.25, -0.2) is 9.37 Å². The van der Waals surface area contributed by atoms with Crippen LogP contribution in [0.3, 0.4) is 0 Å². The predicted molar refractivity (Wildman–Crippen MR) is 97.3 cm³/mol. The Bertz CT molecular complexity index is 747. The van der Waals surface area contributed by atoms with E-state index in [1.807, 2.05) is 19.0 Å². The number of pyridine rings is 1. The van der Waals surface area contributed by atoms with Gasteiger partial charge < -0.3 is 15.5 Å². The molecular weight excluding hydrogens is 335 g/mol. The third-order valence-corrected chi connectivity index (χ3v) is 3.65. The zero-order valence-corrected chi connectivity index (χ0v) is 15.0. The number of benzene rings is 1. The number of rotatable bonds is 8. The number of nitrogens with zero attached hydrogens (tertiary/aromatic N) is 2. The molecule has 1 aromatic heterocycles. The van der Waals surface area contributed by atoms with Crippen LogP contribution in [-0.4, -0.2) is 48.9 Å². The number of hydrogen-bond donors (Lipinski definition) is 2. The zero-order chi connectivity index (χ0) is 18.9. The van der Waals surface area contributed by atoms with Gasteiger partial charge in [0.05, 0.1) is 0 Å². The summed E-state index contributed by atoms with van der Waals surface area (Å²) in [5.74, 6) is -1.03. The van der Waals surface area contributed by atoms with Crippen LogP contribution in [0.4, 0.5) is 4.39 Å². The summed E-state index contributed by atoms with van der Waals surface area (Å²) in [6, 6.07) is 10.6. The van der Waals surface area contributed by atoms with Crippen LogP contribution in [0.2, 0.25) is 0 Å². The minimum absolute atomic E-state index is 0.160. The minimum atomic E-state index is -0.392. The van der Waals surface area contributed by atoms with Gasteiger partial charge in [0.2, 0.25) is 0 Å². The quantitative estimate of drug-likeness (QED) is 0.706. The Morgan fingerprint density at radius 1 is 1.00 bits per heavy atom. The van der Waals surface area contributed by atoms with Crippen LogP contribution >= 0.6 is 0 Å². The highest BCUT2D eigenvalue weighted by atomic mass is 19.1. The van der Waals surface area contributed by atoms with Gasteiger partial charge in [-0.3, -0.25) is 9.59 Å². The van der Waals surface area contributed by atoms with E-state index in [-0.39, 0.29) is 29.7 Å². The summed E-state index contributed by atoms with van der Waals surface area (Å²) in [6.07, 6.45) is 0.830. The number of carbonyl (C=O) groups is 2. The molecule has 7 heteroatoms. The molecule has 0 aliphatic heterocycles. The molecule has 0 bridgehead atoms. The van der Waals surface area contributed by atoms with E-state index < -0.39 is 5.91 Å². The van der Waals surface area contributed by atoms with Gasteiger partial charge in [0.25, 0.3) is 11.8 Å². The highest BCUT2D eigenvalue weighted by Crippen LogP contribution is 2.04. The Morgan fingerprint density at radius 3 is 2.23 bits per heavy atom. The molecule has 0 saturated carbocycles. The first-order valence-electron chi connectivity index (χ1n) is 8.38. The zero-order valence-electron chi connectivity index (χ0n) is 15.0. The van der Waals surface area contributed by atoms with Gasteiger partial charge in [-0.15, -0.1) is 0 Å². The SMILES string of the molecule is CN(C)CCCNC(=O)c1cccc(C(=O)NCc2ccc(F)cc2)n1. The Balaban J connectivity index is 1.89. The largest absolute Gasteiger partial charge is 0.351 e. The number of nitrogens with one attached hydrogen (secondary N) is 2. The van der Waals surface area contributed by atoms with Crippen LogP contribution < -0.4 is 10.6 Å². The van der Waals surface area contributed by atoms with E-state index in [1.165, 1.54) is 12.1 Å². The van der Waals surface area contributed by atoms with Crippen molar-refractivity contribution in [3.63, 3.8) is 0 Å². The van der Waals surface area contributed by atoms with Crippen molar-refractivity contribution in [1.82, 2.24) is 20.5 Å². The van der Waals surface area contributed by atoms with Gasteiger partial charge in [0.15, 0.2) is 0 Å². The number of carbonyl (C=O) groups excluding carboxylic acids is 2. The molecule has 2 N–H and O–H groups in total. The monoisotopic (exact) mass is 358 g/mol. The van der Waals surface area contributed by atoms with Crippen LogP contribution in [0.5, 0.6) is 0 Å². The maximum atomic E-state index is 12.9. The van der Waals surface area contributed by atoms with Crippen molar-refractivity contribution in [1.29, 1.82) is 0 Å². The summed E-state index contributed by atoms with van der Waals surface area (Å²) in [5, 5.41) is 5.49. The van der Waals surface area contributed by atoms with Crippen molar-refractivity contribution in [2.24, 2.45) is 0 Å². The normalized spacial score (nSPS) is 10.6. The van der Waals surface area contributed by atoms with Gasteiger partial charge in [0.1, 0.15) is 17.2 Å². The van der Waals surface area contributed by atoms with Gasteiger partial charge in [-0.1, -0.05) is 18.2 Å². The summed E-state index contributed by atoms with van der Waals surface area (Å²) in [6.45, 7) is 1.67. The van der Waals surface area contributed by atoms with Gasteiger partial charge in [-0.05, 0) is 56.9 Å². The first kappa shape index (κ1) is 19.5. The minimum Gasteiger partial charge on any atom is -0.351 e. The van der Waals surface area contributed by atoms with E-state index in [1.54, 1.807) is 30.3 Å². The molecule has 2 amide bonds. The lowest BCUT2D eigenvalue weighted by Gasteiger charge is -2.10. The van der Waals surface area contributed by atoms with E-state index >= 15 is 0 Å². The van der Waals surface area contributed by atoms with Gasteiger partial charge in [-0.2, -0.15) is 0 Å². The first-order chi connectivity index (χ1) is 12.5. The summed E-state index contributed by atoms with van der Waals surface area (Å²) in [7, 11) is 3.94. The fourth-order valence-electron chi connectivity index (χ4n) is 2.25. The maximum absolute atomic E-state index is 12.9. The number of hydrogen-bond acceptors (Lipinski definition) is 4. The van der Waals surface area contributed by atoms with Crippen LogP contribution in [0.1, 0.15) is 33.0 Å². The molecule has 1 aromatic carbocycles. The molecule has 2 aromatic rings. The second-order valence-corrected chi connectivity index (χ2v) is 6.13. The Kier molecular flexibility index (Phi) is 7.23. The second kappa shape index (κ2) is 9.62. The molecule has 0 fully saturated rings. The lowest BCUT2D eigenvalue weighted by Crippen LogP contribution is -2.29. The van der Waals surface area contributed by atoms with Crippen molar-refractivity contribution in [3.8, 4) is 0 Å². The molecule has 0 atom stereocenters. The Morgan fingerprint density at radius 2 is 1.62 bits per heavy atom. The molecular formula is C19H23FN4O2. The Hall–Kier alpha value is -2.80. The Labute approximate surface area is 152 Å². The number of halogens is 1. The average Bonchev–Trinajstić information content (AvgIpc) is 2.64. The third-order valence-electron chi connectivity index (χ3n) is 3.65. The predicted octanol–water partition coefficient (Wildman–Crippen LogP) is 1.83. The van der Waals surface area contributed by atoms with E-state index in [9.17, 15) is 14.0 Å². The standard InChI is InChI=1S/C19H23FN4O2/c1-24(2)12-4-11-21-18(25)16-5-3-6-17(23-16)19(26)22-13-14-7-9-15(20)10-8-14/h3,5-10H,4,11-13H2,1-2H3,(H,21,25)(H,22,26). The molecule has 0 saturated heterocycles. The summed E-state index contributed by atoms with van der Waals surface area (Å²) >= 11 is 0. The van der Waals surface area contributed by atoms with Crippen LogP contribution in [-0.2, 0) is 6.54 Å². The number of amides is 2. The molecule has 1 heterocycles. The van der Waals surface area contributed by atoms with Crippen molar-refractivity contribution >= 4 is 11.8 Å². The topological polar surface area (TPSA) is 74.3 Å². The fraction of sp³-hybridized carbons (Fsp3) is 0.316. The summed E-state index contributed by atoms with van der Waals surface area (Å²) in [5.41, 5.74) is 1.13. The maximum Gasteiger partial charge on any atom is 0.270 e. The first-order valence-corrected chi connectivity index (χ1v) is 8.38. The van der Waals surface area contributed by atoms with Crippen molar-refractivity contribution in [3.05, 3.63) is 65.2 Å². The van der Waals surface area contributed by atoms with E-state index in [4.69, 9.17) is 0 Å². The van der Waals surface area contributed by atoms with Gasteiger partial charge in [0, 0.05) is 13.1 Å². The molecule has 2 rings (SSSR count). The molecule has 26 heavy (non-hydrogen) atoms. The van der Waals surface area contributed by atoms with Crippen LogP contribution in [0.25, 0.3) is 0 Å². The van der Waals surface area contributed by atoms with Crippen molar-refractivity contribution in [2.45, 2.75) is 13.0 Å². The fourth-order valence-corrected chi connectivity index (χ4v) is 2.25. The van der Waals surface area contributed by atoms with Gasteiger partial charge >= 0.3 is 0 Å². The molecule has 0 aliphatic carbocycles. The molecule has 6 nitrogen and oxygen atoms in total. The third kappa shape index (κ3) is 6.25. The smallest absolute Gasteiger partial charge is 0.270 e. The lowest BCUT2D eigenvalue weighted by atomic mass is 10.2. The molecule has 0 spiro atoms.